The number of ether oxygens (including phenoxy) is 1. The highest BCUT2D eigenvalue weighted by atomic mass is 16.5. The van der Waals surface area contributed by atoms with E-state index in [0.29, 0.717) is 11.5 Å². The number of hydrogen-bond acceptors (Lipinski definition) is 2. The fraction of sp³-hybridized carbons (Fsp3) is 0.542. The fourth-order valence-corrected chi connectivity index (χ4v) is 4.49. The summed E-state index contributed by atoms with van der Waals surface area (Å²) in [5, 5.41) is 0. The second-order valence-electron chi connectivity index (χ2n) is 7.95. The fourth-order valence-electron chi connectivity index (χ4n) is 4.49. The summed E-state index contributed by atoms with van der Waals surface area (Å²) in [5.74, 6) is 2.22. The zero-order chi connectivity index (χ0) is 18.4. The van der Waals surface area contributed by atoms with Crippen molar-refractivity contribution in [3.8, 4) is 0 Å². The summed E-state index contributed by atoms with van der Waals surface area (Å²) in [5.41, 5.74) is 1.74. The highest BCUT2D eigenvalue weighted by Gasteiger charge is 2.27. The molecule has 0 heterocycles. The molecule has 1 aromatic rings. The van der Waals surface area contributed by atoms with Crippen molar-refractivity contribution in [2.75, 3.05) is 0 Å². The van der Waals surface area contributed by atoms with E-state index in [1.54, 1.807) is 12.1 Å². The third kappa shape index (κ3) is 4.87. The standard InChI is InChI=1S/C24H32O2/c1-3-7-19-10-12-21(13-11-19)22-16-14-20(15-17-22)18(2)26-24(25)23-8-5-4-6-9-23/h4-6,8-9,14-16,18-19,21-22H,3,7,10-13,17H2,1-2H3. The van der Waals surface area contributed by atoms with Crippen LogP contribution < -0.4 is 0 Å². The second-order valence-corrected chi connectivity index (χ2v) is 7.95. The van der Waals surface area contributed by atoms with E-state index in [0.717, 1.165) is 23.8 Å². The molecule has 2 nitrogen and oxygen atoms in total. The van der Waals surface area contributed by atoms with E-state index in [4.69, 9.17) is 4.74 Å². The van der Waals surface area contributed by atoms with E-state index in [1.807, 2.05) is 25.1 Å². The average molecular weight is 353 g/mol. The lowest BCUT2D eigenvalue weighted by Gasteiger charge is -2.33. The van der Waals surface area contributed by atoms with Gasteiger partial charge in [0.1, 0.15) is 6.10 Å². The van der Waals surface area contributed by atoms with E-state index >= 15 is 0 Å². The Morgan fingerprint density at radius 2 is 1.88 bits per heavy atom. The topological polar surface area (TPSA) is 26.3 Å². The van der Waals surface area contributed by atoms with Crippen LogP contribution in [0.2, 0.25) is 0 Å². The van der Waals surface area contributed by atoms with Gasteiger partial charge in [-0.25, -0.2) is 4.79 Å². The molecule has 2 aliphatic carbocycles. The van der Waals surface area contributed by atoms with Crippen LogP contribution in [0.15, 0.2) is 54.1 Å². The predicted molar refractivity (Wildman–Crippen MR) is 107 cm³/mol. The maximum absolute atomic E-state index is 12.2. The lowest BCUT2D eigenvalue weighted by atomic mass is 9.72. The summed E-state index contributed by atoms with van der Waals surface area (Å²) in [4.78, 5) is 12.2. The largest absolute Gasteiger partial charge is 0.454 e. The summed E-state index contributed by atoms with van der Waals surface area (Å²) in [6.45, 7) is 4.27. The first-order chi connectivity index (χ1) is 12.7. The molecule has 0 N–H and O–H groups in total. The monoisotopic (exact) mass is 352 g/mol. The SMILES string of the molecule is CCCC1CCC(C2C=CC(C(C)OC(=O)c3ccccc3)=CC2)CC1. The Hall–Kier alpha value is -1.83. The van der Waals surface area contributed by atoms with Crippen molar-refractivity contribution in [2.24, 2.45) is 17.8 Å². The lowest BCUT2D eigenvalue weighted by molar-refractivity contribution is 0.0410. The third-order valence-corrected chi connectivity index (χ3v) is 6.12. The van der Waals surface area contributed by atoms with E-state index in [1.165, 1.54) is 38.5 Å². The molecule has 2 unspecified atom stereocenters. The molecule has 2 heteroatoms. The molecule has 26 heavy (non-hydrogen) atoms. The van der Waals surface area contributed by atoms with Crippen LogP contribution in [0.3, 0.4) is 0 Å². The van der Waals surface area contributed by atoms with Crippen LogP contribution >= 0.6 is 0 Å². The molecule has 0 aliphatic heterocycles. The van der Waals surface area contributed by atoms with E-state index in [9.17, 15) is 4.79 Å². The first-order valence-electron chi connectivity index (χ1n) is 10.3. The normalized spacial score (nSPS) is 26.8. The van der Waals surface area contributed by atoms with Crippen LogP contribution in [-0.4, -0.2) is 12.1 Å². The number of esters is 1. The van der Waals surface area contributed by atoms with Gasteiger partial charge in [0.25, 0.3) is 0 Å². The molecule has 140 valence electrons. The maximum Gasteiger partial charge on any atom is 0.338 e. The first kappa shape index (κ1) is 18.9. The van der Waals surface area contributed by atoms with Gasteiger partial charge >= 0.3 is 5.97 Å². The van der Waals surface area contributed by atoms with Crippen LogP contribution in [0.1, 0.15) is 69.2 Å². The lowest BCUT2D eigenvalue weighted by Crippen LogP contribution is -2.23. The van der Waals surface area contributed by atoms with Gasteiger partial charge in [0, 0.05) is 0 Å². The van der Waals surface area contributed by atoms with Crippen LogP contribution in [0.4, 0.5) is 0 Å². The second kappa shape index (κ2) is 9.21. The van der Waals surface area contributed by atoms with Crippen LogP contribution in [0.25, 0.3) is 0 Å². The Labute approximate surface area is 158 Å². The van der Waals surface area contributed by atoms with Crippen molar-refractivity contribution in [1.29, 1.82) is 0 Å². The van der Waals surface area contributed by atoms with E-state index in [-0.39, 0.29) is 12.1 Å². The minimum Gasteiger partial charge on any atom is -0.454 e. The quantitative estimate of drug-likeness (QED) is 0.558. The van der Waals surface area contributed by atoms with Gasteiger partial charge in [-0.05, 0) is 61.6 Å². The molecule has 0 radical (unpaired) electrons. The Morgan fingerprint density at radius 1 is 1.15 bits per heavy atom. The van der Waals surface area contributed by atoms with Crippen LogP contribution in [0.5, 0.6) is 0 Å². The Balaban J connectivity index is 1.49. The maximum atomic E-state index is 12.2. The molecule has 1 fully saturated rings. The molecule has 1 saturated carbocycles. The zero-order valence-corrected chi connectivity index (χ0v) is 16.2. The van der Waals surface area contributed by atoms with Crippen molar-refractivity contribution < 1.29 is 9.53 Å². The number of carbonyl (C=O) groups excluding carboxylic acids is 1. The number of benzene rings is 1. The Kier molecular flexibility index (Phi) is 6.71. The molecule has 2 aliphatic rings. The molecular formula is C24H32O2. The summed E-state index contributed by atoms with van der Waals surface area (Å²) >= 11 is 0. The molecule has 1 aromatic carbocycles. The van der Waals surface area contributed by atoms with Gasteiger partial charge in [-0.3, -0.25) is 0 Å². The number of allylic oxidation sites excluding steroid dienone is 2. The average Bonchev–Trinajstić information content (AvgIpc) is 2.69. The van der Waals surface area contributed by atoms with Gasteiger partial charge in [-0.2, -0.15) is 0 Å². The Bertz CT molecular complexity index is 635. The van der Waals surface area contributed by atoms with Crippen molar-refractivity contribution in [1.82, 2.24) is 0 Å². The van der Waals surface area contributed by atoms with Gasteiger partial charge in [0.2, 0.25) is 0 Å². The molecular weight excluding hydrogens is 320 g/mol. The first-order valence-corrected chi connectivity index (χ1v) is 10.3. The molecule has 2 atom stereocenters. The van der Waals surface area contributed by atoms with E-state index in [2.05, 4.69) is 25.2 Å². The molecule has 3 rings (SSSR count). The van der Waals surface area contributed by atoms with Gasteiger partial charge in [-0.15, -0.1) is 0 Å². The number of hydrogen-bond donors (Lipinski definition) is 0. The predicted octanol–water partition coefficient (Wildman–Crippen LogP) is 6.34. The molecule has 0 spiro atoms. The minimum atomic E-state index is -0.247. The summed E-state index contributed by atoms with van der Waals surface area (Å²) in [7, 11) is 0. The van der Waals surface area contributed by atoms with Crippen molar-refractivity contribution in [3.63, 3.8) is 0 Å². The van der Waals surface area contributed by atoms with Gasteiger partial charge in [0.05, 0.1) is 5.56 Å². The molecule has 0 bridgehead atoms. The van der Waals surface area contributed by atoms with Gasteiger partial charge < -0.3 is 4.74 Å². The molecule has 0 saturated heterocycles. The van der Waals surface area contributed by atoms with Crippen molar-refractivity contribution in [2.45, 2.75) is 64.9 Å². The van der Waals surface area contributed by atoms with Gasteiger partial charge in [0.15, 0.2) is 0 Å². The van der Waals surface area contributed by atoms with Crippen molar-refractivity contribution >= 4 is 5.97 Å². The van der Waals surface area contributed by atoms with Crippen molar-refractivity contribution in [3.05, 3.63) is 59.7 Å². The zero-order valence-electron chi connectivity index (χ0n) is 16.2. The van der Waals surface area contributed by atoms with Gasteiger partial charge in [-0.1, -0.05) is 69.0 Å². The van der Waals surface area contributed by atoms with Crippen LogP contribution in [0, 0.1) is 17.8 Å². The number of carbonyl (C=O) groups is 1. The summed E-state index contributed by atoms with van der Waals surface area (Å²) in [6.07, 6.45) is 16.0. The van der Waals surface area contributed by atoms with E-state index < -0.39 is 0 Å². The summed E-state index contributed by atoms with van der Waals surface area (Å²) in [6, 6.07) is 9.22. The number of rotatable bonds is 6. The highest BCUT2D eigenvalue weighted by molar-refractivity contribution is 5.89. The highest BCUT2D eigenvalue weighted by Crippen LogP contribution is 2.38. The summed E-state index contributed by atoms with van der Waals surface area (Å²) < 4.78 is 5.64. The van der Waals surface area contributed by atoms with Crippen LogP contribution in [-0.2, 0) is 4.74 Å². The molecule has 0 amide bonds. The third-order valence-electron chi connectivity index (χ3n) is 6.12. The smallest absolute Gasteiger partial charge is 0.338 e. The Morgan fingerprint density at radius 3 is 2.50 bits per heavy atom. The minimum absolute atomic E-state index is 0.194. The molecule has 0 aromatic heterocycles.